The molecule has 1 aliphatic heterocycles. The predicted octanol–water partition coefficient (Wildman–Crippen LogP) is 3.54. The van der Waals surface area contributed by atoms with Crippen LogP contribution in [-0.2, 0) is 4.79 Å². The van der Waals surface area contributed by atoms with Gasteiger partial charge in [0, 0.05) is 5.69 Å². The highest BCUT2D eigenvalue weighted by molar-refractivity contribution is 6.43. The smallest absolute Gasteiger partial charge is 0.262 e. The summed E-state index contributed by atoms with van der Waals surface area (Å²) in [5.74, 6) is -1.59. The maximum atomic E-state index is 12.3. The fraction of sp³-hybridized carbons (Fsp3) is 0.118. The molecule has 3 amide bonds. The molecule has 0 saturated heterocycles. The van der Waals surface area contributed by atoms with E-state index in [1.54, 1.807) is 12.1 Å². The van der Waals surface area contributed by atoms with Gasteiger partial charge < -0.3 is 5.32 Å². The van der Waals surface area contributed by atoms with Gasteiger partial charge in [-0.25, -0.2) is 0 Å². The monoisotopic (exact) mass is 362 g/mol. The van der Waals surface area contributed by atoms with Crippen molar-refractivity contribution in [3.8, 4) is 0 Å². The van der Waals surface area contributed by atoms with Crippen LogP contribution in [0.4, 0.5) is 5.69 Å². The van der Waals surface area contributed by atoms with Crippen LogP contribution in [0.2, 0.25) is 10.0 Å². The van der Waals surface area contributed by atoms with Gasteiger partial charge >= 0.3 is 0 Å². The van der Waals surface area contributed by atoms with Crippen molar-refractivity contribution in [3.05, 3.63) is 63.1 Å². The Balaban J connectivity index is 1.79. The molecule has 5 nitrogen and oxygen atoms in total. The van der Waals surface area contributed by atoms with Crippen molar-refractivity contribution in [1.82, 2.24) is 4.90 Å². The SMILES string of the molecule is Cc1ccccc1NC(=O)CN1C(=O)c2cc(Cl)c(Cl)cc2C1=O. The van der Waals surface area contributed by atoms with Gasteiger partial charge in [0.1, 0.15) is 6.54 Å². The van der Waals surface area contributed by atoms with Crippen LogP contribution in [0.3, 0.4) is 0 Å². The Morgan fingerprint density at radius 2 is 1.58 bits per heavy atom. The van der Waals surface area contributed by atoms with E-state index in [-0.39, 0.29) is 27.7 Å². The molecule has 1 N–H and O–H groups in total. The summed E-state index contributed by atoms with van der Waals surface area (Å²) in [5, 5.41) is 3.06. The maximum Gasteiger partial charge on any atom is 0.262 e. The van der Waals surface area contributed by atoms with Crippen LogP contribution < -0.4 is 5.32 Å². The average molecular weight is 363 g/mol. The first-order chi connectivity index (χ1) is 11.4. The second-order valence-corrected chi connectivity index (χ2v) is 6.19. The van der Waals surface area contributed by atoms with Crippen molar-refractivity contribution in [1.29, 1.82) is 0 Å². The number of benzene rings is 2. The van der Waals surface area contributed by atoms with Gasteiger partial charge in [0.05, 0.1) is 21.2 Å². The van der Waals surface area contributed by atoms with Gasteiger partial charge in [0.15, 0.2) is 0 Å². The highest BCUT2D eigenvalue weighted by Gasteiger charge is 2.37. The van der Waals surface area contributed by atoms with Crippen molar-refractivity contribution >= 4 is 46.6 Å². The van der Waals surface area contributed by atoms with E-state index < -0.39 is 17.7 Å². The number of aryl methyl sites for hydroxylation is 1. The minimum absolute atomic E-state index is 0.151. The molecule has 3 rings (SSSR count). The third-order valence-corrected chi connectivity index (χ3v) is 4.45. The van der Waals surface area contributed by atoms with Gasteiger partial charge in [-0.3, -0.25) is 19.3 Å². The van der Waals surface area contributed by atoms with E-state index in [9.17, 15) is 14.4 Å². The molecule has 7 heteroatoms. The van der Waals surface area contributed by atoms with E-state index in [0.717, 1.165) is 10.5 Å². The maximum absolute atomic E-state index is 12.3. The Labute approximate surface area is 148 Å². The first-order valence-corrected chi connectivity index (χ1v) is 7.85. The Hall–Kier alpha value is -2.37. The fourth-order valence-electron chi connectivity index (χ4n) is 2.47. The third-order valence-electron chi connectivity index (χ3n) is 3.73. The van der Waals surface area contributed by atoms with Gasteiger partial charge in [0.25, 0.3) is 11.8 Å². The number of para-hydroxylation sites is 1. The molecule has 2 aromatic carbocycles. The fourth-order valence-corrected chi connectivity index (χ4v) is 2.80. The van der Waals surface area contributed by atoms with E-state index in [1.807, 2.05) is 19.1 Å². The molecule has 0 spiro atoms. The topological polar surface area (TPSA) is 66.5 Å². The van der Waals surface area contributed by atoms with Crippen molar-refractivity contribution < 1.29 is 14.4 Å². The van der Waals surface area contributed by atoms with E-state index in [4.69, 9.17) is 23.2 Å². The average Bonchev–Trinajstić information content (AvgIpc) is 2.75. The first-order valence-electron chi connectivity index (χ1n) is 7.09. The number of anilines is 1. The standard InChI is InChI=1S/C17H12Cl2N2O3/c1-9-4-2-3-5-14(9)20-15(22)8-21-16(23)10-6-12(18)13(19)7-11(10)17(21)24/h2-7H,8H2,1H3,(H,20,22). The van der Waals surface area contributed by atoms with Crippen molar-refractivity contribution in [2.45, 2.75) is 6.92 Å². The molecule has 1 aliphatic rings. The van der Waals surface area contributed by atoms with Gasteiger partial charge in [-0.15, -0.1) is 0 Å². The number of rotatable bonds is 3. The Kier molecular flexibility index (Phi) is 4.30. The number of imide groups is 1. The van der Waals surface area contributed by atoms with E-state index in [1.165, 1.54) is 12.1 Å². The molecular weight excluding hydrogens is 351 g/mol. The summed E-state index contributed by atoms with van der Waals surface area (Å²) >= 11 is 11.8. The predicted molar refractivity (Wildman–Crippen MR) is 91.6 cm³/mol. The molecular formula is C17H12Cl2N2O3. The number of halogens is 2. The summed E-state index contributed by atoms with van der Waals surface area (Å²) in [4.78, 5) is 37.8. The van der Waals surface area contributed by atoms with Crippen LogP contribution >= 0.6 is 23.2 Å². The number of amides is 3. The zero-order chi connectivity index (χ0) is 17.4. The van der Waals surface area contributed by atoms with Crippen LogP contribution in [0.1, 0.15) is 26.3 Å². The Morgan fingerprint density at radius 3 is 2.12 bits per heavy atom. The number of nitrogens with zero attached hydrogens (tertiary/aromatic N) is 1. The number of fused-ring (bicyclic) bond motifs is 1. The summed E-state index contributed by atoms with van der Waals surface area (Å²) in [6.07, 6.45) is 0. The summed E-state index contributed by atoms with van der Waals surface area (Å²) < 4.78 is 0. The van der Waals surface area contributed by atoms with Crippen LogP contribution in [-0.4, -0.2) is 29.2 Å². The number of nitrogens with one attached hydrogen (secondary N) is 1. The second kappa shape index (κ2) is 6.26. The number of hydrogen-bond acceptors (Lipinski definition) is 3. The van der Waals surface area contributed by atoms with Crippen LogP contribution in [0.5, 0.6) is 0 Å². The molecule has 2 aromatic rings. The molecule has 24 heavy (non-hydrogen) atoms. The third kappa shape index (κ3) is 2.88. The van der Waals surface area contributed by atoms with E-state index in [2.05, 4.69) is 5.32 Å². The zero-order valence-corrected chi connectivity index (χ0v) is 14.1. The summed E-state index contributed by atoms with van der Waals surface area (Å²) in [6, 6.07) is 9.92. The molecule has 0 aromatic heterocycles. The van der Waals surface area contributed by atoms with Gasteiger partial charge in [-0.1, -0.05) is 41.4 Å². The van der Waals surface area contributed by atoms with Crippen LogP contribution in [0.25, 0.3) is 0 Å². The molecule has 0 aliphatic carbocycles. The second-order valence-electron chi connectivity index (χ2n) is 5.37. The number of hydrogen-bond donors (Lipinski definition) is 1. The van der Waals surface area contributed by atoms with Crippen molar-refractivity contribution in [2.24, 2.45) is 0 Å². The molecule has 122 valence electrons. The number of carbonyl (C=O) groups is 3. The largest absolute Gasteiger partial charge is 0.324 e. The summed E-state index contributed by atoms with van der Waals surface area (Å²) in [6.45, 7) is 1.47. The van der Waals surface area contributed by atoms with E-state index in [0.29, 0.717) is 5.69 Å². The van der Waals surface area contributed by atoms with Crippen LogP contribution in [0, 0.1) is 6.92 Å². The minimum Gasteiger partial charge on any atom is -0.324 e. The normalized spacial score (nSPS) is 13.2. The molecule has 0 atom stereocenters. The molecule has 1 heterocycles. The molecule has 0 unspecified atom stereocenters. The molecule has 0 bridgehead atoms. The lowest BCUT2D eigenvalue weighted by molar-refractivity contribution is -0.116. The molecule has 0 fully saturated rings. The summed E-state index contributed by atoms with van der Waals surface area (Å²) in [5.41, 5.74) is 1.81. The van der Waals surface area contributed by atoms with E-state index >= 15 is 0 Å². The molecule has 0 radical (unpaired) electrons. The Morgan fingerprint density at radius 1 is 1.04 bits per heavy atom. The molecule has 0 saturated carbocycles. The number of carbonyl (C=O) groups excluding carboxylic acids is 3. The van der Waals surface area contributed by atoms with Gasteiger partial charge in [0.2, 0.25) is 5.91 Å². The van der Waals surface area contributed by atoms with Crippen LogP contribution in [0.15, 0.2) is 36.4 Å². The summed E-state index contributed by atoms with van der Waals surface area (Å²) in [7, 11) is 0. The quantitative estimate of drug-likeness (QED) is 0.849. The lowest BCUT2D eigenvalue weighted by Gasteiger charge is -2.14. The van der Waals surface area contributed by atoms with Crippen molar-refractivity contribution in [2.75, 3.05) is 11.9 Å². The lowest BCUT2D eigenvalue weighted by atomic mass is 10.1. The zero-order valence-electron chi connectivity index (χ0n) is 12.6. The van der Waals surface area contributed by atoms with Gasteiger partial charge in [-0.2, -0.15) is 0 Å². The first kappa shape index (κ1) is 16.5. The minimum atomic E-state index is -0.562. The van der Waals surface area contributed by atoms with Gasteiger partial charge in [-0.05, 0) is 30.7 Å². The lowest BCUT2D eigenvalue weighted by Crippen LogP contribution is -2.37. The highest BCUT2D eigenvalue weighted by atomic mass is 35.5. The van der Waals surface area contributed by atoms with Crippen molar-refractivity contribution in [3.63, 3.8) is 0 Å². The Bertz CT molecular complexity index is 839. The highest BCUT2D eigenvalue weighted by Crippen LogP contribution is 2.31.